The number of carbonyl (C=O) groups excluding carboxylic acids is 1. The summed E-state index contributed by atoms with van der Waals surface area (Å²) in [5, 5.41) is 1.11. The fraction of sp³-hybridized carbons (Fsp3) is 0.241. The van der Waals surface area contributed by atoms with Crippen molar-refractivity contribution in [1.82, 2.24) is 14.9 Å². The smallest absolute Gasteiger partial charge is 0.222 e. The number of aromatic amines is 1. The predicted molar refractivity (Wildman–Crippen MR) is 135 cm³/mol. The molecule has 0 bridgehead atoms. The summed E-state index contributed by atoms with van der Waals surface area (Å²) in [6.07, 6.45) is 2.77. The third kappa shape index (κ3) is 4.20. The van der Waals surface area contributed by atoms with Gasteiger partial charge in [-0.25, -0.2) is 9.37 Å². The van der Waals surface area contributed by atoms with Crippen LogP contribution in [0.4, 0.5) is 4.39 Å². The van der Waals surface area contributed by atoms with E-state index in [4.69, 9.17) is 4.42 Å². The fourth-order valence-corrected chi connectivity index (χ4v) is 5.15. The summed E-state index contributed by atoms with van der Waals surface area (Å²) < 4.78 is 19.4. The molecule has 1 saturated heterocycles. The highest BCUT2D eigenvalue weighted by Gasteiger charge is 2.27. The van der Waals surface area contributed by atoms with Crippen LogP contribution in [0.15, 0.2) is 77.2 Å². The molecule has 6 heteroatoms. The first-order valence-electron chi connectivity index (χ1n) is 12.1. The molecular weight excluding hydrogens is 441 g/mol. The number of benzene rings is 3. The van der Waals surface area contributed by atoms with Crippen molar-refractivity contribution < 1.29 is 13.6 Å². The molecule has 2 aromatic heterocycles. The Bertz CT molecular complexity index is 1460. The van der Waals surface area contributed by atoms with Gasteiger partial charge in [0.05, 0.1) is 0 Å². The maximum atomic E-state index is 13.5. The Morgan fingerprint density at radius 2 is 1.74 bits per heavy atom. The second-order valence-electron chi connectivity index (χ2n) is 9.21. The monoisotopic (exact) mass is 467 g/mol. The molecule has 1 aliphatic rings. The van der Waals surface area contributed by atoms with Gasteiger partial charge in [0.1, 0.15) is 11.3 Å². The van der Waals surface area contributed by atoms with Crippen molar-refractivity contribution in [3.05, 3.63) is 90.1 Å². The fourth-order valence-electron chi connectivity index (χ4n) is 5.15. The number of halogens is 1. The zero-order valence-corrected chi connectivity index (χ0v) is 19.3. The van der Waals surface area contributed by atoms with Crippen molar-refractivity contribution in [2.75, 3.05) is 13.1 Å². The topological polar surface area (TPSA) is 62.1 Å². The lowest BCUT2D eigenvalue weighted by molar-refractivity contribution is -0.132. The Hall–Kier alpha value is -3.93. The van der Waals surface area contributed by atoms with Crippen LogP contribution in [0.25, 0.3) is 33.3 Å². The number of piperidine rings is 1. The van der Waals surface area contributed by atoms with E-state index in [0.717, 1.165) is 57.6 Å². The van der Waals surface area contributed by atoms with E-state index in [9.17, 15) is 9.18 Å². The van der Waals surface area contributed by atoms with E-state index in [1.54, 1.807) is 12.1 Å². The number of hydrogen-bond donors (Lipinski definition) is 1. The molecule has 0 radical (unpaired) electrons. The molecule has 1 N–H and O–H groups in total. The van der Waals surface area contributed by atoms with E-state index < -0.39 is 0 Å². The molecule has 0 aliphatic carbocycles. The van der Waals surface area contributed by atoms with Crippen LogP contribution < -0.4 is 0 Å². The quantitative estimate of drug-likeness (QED) is 0.323. The number of rotatable bonds is 5. The zero-order valence-electron chi connectivity index (χ0n) is 19.3. The normalized spacial score (nSPS) is 14.7. The number of nitrogens with zero attached hydrogens (tertiary/aromatic N) is 2. The summed E-state index contributed by atoms with van der Waals surface area (Å²) in [4.78, 5) is 23.2. The molecule has 0 spiro atoms. The number of fused-ring (bicyclic) bond motifs is 2. The molecule has 176 valence electrons. The average molecular weight is 468 g/mol. The lowest BCUT2D eigenvalue weighted by Crippen LogP contribution is -2.38. The average Bonchev–Trinajstić information content (AvgIpc) is 3.49. The van der Waals surface area contributed by atoms with E-state index in [2.05, 4.69) is 16.0 Å². The van der Waals surface area contributed by atoms with E-state index in [1.165, 1.54) is 12.1 Å². The maximum absolute atomic E-state index is 13.5. The lowest BCUT2D eigenvalue weighted by atomic mass is 9.96. The Morgan fingerprint density at radius 3 is 2.54 bits per heavy atom. The second-order valence-corrected chi connectivity index (χ2v) is 9.21. The number of hydrogen-bond acceptors (Lipinski definition) is 3. The molecule has 5 aromatic rings. The van der Waals surface area contributed by atoms with Gasteiger partial charge in [0, 0.05) is 42.0 Å². The number of aryl methyl sites for hydroxylation is 1. The number of nitrogens with one attached hydrogen (secondary N) is 1. The Morgan fingerprint density at radius 1 is 1.00 bits per heavy atom. The van der Waals surface area contributed by atoms with Gasteiger partial charge >= 0.3 is 0 Å². The number of H-pyrrole nitrogens is 1. The molecule has 6 rings (SSSR count). The molecule has 5 nitrogen and oxygen atoms in total. The van der Waals surface area contributed by atoms with Gasteiger partial charge in [-0.15, -0.1) is 0 Å². The number of oxazole rings is 1. The van der Waals surface area contributed by atoms with Gasteiger partial charge in [0.25, 0.3) is 0 Å². The van der Waals surface area contributed by atoms with Crippen molar-refractivity contribution in [2.24, 2.45) is 0 Å². The summed E-state index contributed by atoms with van der Waals surface area (Å²) in [5.41, 5.74) is 5.70. The molecule has 0 unspecified atom stereocenters. The molecule has 1 amide bonds. The summed E-state index contributed by atoms with van der Waals surface area (Å²) in [5.74, 6) is 0.922. The van der Waals surface area contributed by atoms with Crippen LogP contribution in [0.3, 0.4) is 0 Å². The number of aromatic nitrogens is 2. The van der Waals surface area contributed by atoms with Gasteiger partial charge in [-0.05, 0) is 72.9 Å². The van der Waals surface area contributed by atoms with Crippen molar-refractivity contribution in [3.8, 4) is 11.3 Å². The number of carbonyl (C=O) groups is 1. The molecule has 3 aromatic carbocycles. The molecule has 3 heterocycles. The molecule has 0 atom stereocenters. The van der Waals surface area contributed by atoms with Gasteiger partial charge in [0.15, 0.2) is 11.5 Å². The van der Waals surface area contributed by atoms with E-state index in [1.807, 2.05) is 47.4 Å². The summed E-state index contributed by atoms with van der Waals surface area (Å²) in [6.45, 7) is 1.42. The second kappa shape index (κ2) is 9.02. The third-order valence-corrected chi connectivity index (χ3v) is 7.04. The first kappa shape index (κ1) is 21.6. The lowest BCUT2D eigenvalue weighted by Gasteiger charge is -2.30. The SMILES string of the molecule is O=C(CCc1c(-c2ccc(F)cc2)[nH]c2ccccc12)N1CCC(c2nc3ccccc3o2)CC1. The van der Waals surface area contributed by atoms with E-state index in [-0.39, 0.29) is 17.6 Å². The van der Waals surface area contributed by atoms with Crippen LogP contribution in [-0.2, 0) is 11.2 Å². The number of para-hydroxylation sites is 3. The molecule has 0 saturated carbocycles. The highest BCUT2D eigenvalue weighted by Crippen LogP contribution is 2.33. The largest absolute Gasteiger partial charge is 0.440 e. The third-order valence-electron chi connectivity index (χ3n) is 7.04. The predicted octanol–water partition coefficient (Wildman–Crippen LogP) is 6.45. The van der Waals surface area contributed by atoms with Crippen LogP contribution in [0.5, 0.6) is 0 Å². The van der Waals surface area contributed by atoms with Crippen molar-refractivity contribution in [1.29, 1.82) is 0 Å². The first-order valence-corrected chi connectivity index (χ1v) is 12.1. The summed E-state index contributed by atoms with van der Waals surface area (Å²) >= 11 is 0. The van der Waals surface area contributed by atoms with Crippen LogP contribution >= 0.6 is 0 Å². The molecule has 1 fully saturated rings. The van der Waals surface area contributed by atoms with Crippen molar-refractivity contribution in [3.63, 3.8) is 0 Å². The number of amides is 1. The summed E-state index contributed by atoms with van der Waals surface area (Å²) in [6, 6.07) is 22.4. The maximum Gasteiger partial charge on any atom is 0.222 e. The molecule has 1 aliphatic heterocycles. The van der Waals surface area contributed by atoms with E-state index in [0.29, 0.717) is 25.9 Å². The minimum absolute atomic E-state index is 0.163. The van der Waals surface area contributed by atoms with Gasteiger partial charge in [0.2, 0.25) is 5.91 Å². The van der Waals surface area contributed by atoms with Crippen molar-refractivity contribution in [2.45, 2.75) is 31.6 Å². The van der Waals surface area contributed by atoms with Crippen molar-refractivity contribution >= 4 is 27.9 Å². The summed E-state index contributed by atoms with van der Waals surface area (Å²) in [7, 11) is 0. The van der Waals surface area contributed by atoms with Crippen LogP contribution in [0.2, 0.25) is 0 Å². The highest BCUT2D eigenvalue weighted by atomic mass is 19.1. The van der Waals surface area contributed by atoms with E-state index >= 15 is 0 Å². The zero-order chi connectivity index (χ0) is 23.8. The Labute approximate surface area is 202 Å². The Balaban J connectivity index is 1.15. The minimum Gasteiger partial charge on any atom is -0.440 e. The molecule has 35 heavy (non-hydrogen) atoms. The van der Waals surface area contributed by atoms with Gasteiger partial charge in [-0.2, -0.15) is 0 Å². The standard InChI is InChI=1S/C29H26FN3O2/c30-21-11-9-19(10-12-21)28-23(22-5-1-2-6-24(22)31-28)13-14-27(34)33-17-15-20(16-18-33)29-32-25-7-3-4-8-26(25)35-29/h1-12,20,31H,13-18H2. The van der Waals surface area contributed by atoms with Gasteiger partial charge < -0.3 is 14.3 Å². The molecular formula is C29H26FN3O2. The minimum atomic E-state index is -0.261. The Kier molecular flexibility index (Phi) is 5.57. The van der Waals surface area contributed by atoms with Crippen LogP contribution in [-0.4, -0.2) is 33.9 Å². The van der Waals surface area contributed by atoms with Gasteiger partial charge in [-0.1, -0.05) is 30.3 Å². The highest BCUT2D eigenvalue weighted by molar-refractivity contribution is 5.91. The van der Waals surface area contributed by atoms with Crippen LogP contribution in [0.1, 0.15) is 36.6 Å². The number of likely N-dealkylation sites (tertiary alicyclic amines) is 1. The van der Waals surface area contributed by atoms with Gasteiger partial charge in [-0.3, -0.25) is 4.79 Å². The first-order chi connectivity index (χ1) is 17.2. The van der Waals surface area contributed by atoms with Crippen LogP contribution in [0, 0.1) is 5.82 Å².